The van der Waals surface area contributed by atoms with Gasteiger partial charge in [-0.2, -0.15) is 0 Å². The van der Waals surface area contributed by atoms with E-state index in [4.69, 9.17) is 9.84 Å². The van der Waals surface area contributed by atoms with E-state index < -0.39 is 0 Å². The second kappa shape index (κ2) is 5.23. The molecule has 94 valence electrons. The predicted molar refractivity (Wildman–Crippen MR) is 73.1 cm³/mol. The highest BCUT2D eigenvalue weighted by atomic mass is 16.5. The summed E-state index contributed by atoms with van der Waals surface area (Å²) < 4.78 is 5.89. The van der Waals surface area contributed by atoms with Crippen molar-refractivity contribution in [1.29, 1.82) is 0 Å². The lowest BCUT2D eigenvalue weighted by atomic mass is 10.1. The van der Waals surface area contributed by atoms with Crippen molar-refractivity contribution < 1.29 is 9.84 Å². The maximum Gasteiger partial charge on any atom is 0.130 e. The number of benzene rings is 2. The van der Waals surface area contributed by atoms with E-state index in [2.05, 4.69) is 19.9 Å². The molecule has 0 aliphatic rings. The number of aliphatic hydroxyl groups excluding tert-OH is 1. The van der Waals surface area contributed by atoms with Gasteiger partial charge in [-0.25, -0.2) is 0 Å². The number of hydrogen-bond donors (Lipinski definition) is 1. The van der Waals surface area contributed by atoms with Crippen LogP contribution in [-0.2, 0) is 6.61 Å². The number of hydrogen-bond acceptors (Lipinski definition) is 2. The van der Waals surface area contributed by atoms with Gasteiger partial charge in [0.1, 0.15) is 11.5 Å². The highest BCUT2D eigenvalue weighted by Crippen LogP contribution is 2.28. The summed E-state index contributed by atoms with van der Waals surface area (Å²) >= 11 is 0. The van der Waals surface area contributed by atoms with Crippen LogP contribution in [0.25, 0.3) is 0 Å². The Morgan fingerprint density at radius 2 is 1.78 bits per heavy atom. The molecule has 0 amide bonds. The van der Waals surface area contributed by atoms with Crippen molar-refractivity contribution in [3.8, 4) is 11.5 Å². The molecular weight excluding hydrogens is 224 g/mol. The van der Waals surface area contributed by atoms with Crippen LogP contribution in [0.3, 0.4) is 0 Å². The summed E-state index contributed by atoms with van der Waals surface area (Å²) in [7, 11) is 0. The number of ether oxygens (including phenoxy) is 1. The summed E-state index contributed by atoms with van der Waals surface area (Å²) in [6.07, 6.45) is 0. The third-order valence-corrected chi connectivity index (χ3v) is 3.27. The van der Waals surface area contributed by atoms with Gasteiger partial charge in [0.15, 0.2) is 0 Å². The molecule has 0 unspecified atom stereocenters. The topological polar surface area (TPSA) is 29.5 Å². The van der Waals surface area contributed by atoms with Gasteiger partial charge in [0.05, 0.1) is 6.61 Å². The summed E-state index contributed by atoms with van der Waals surface area (Å²) in [5, 5.41) is 9.14. The van der Waals surface area contributed by atoms with Crippen LogP contribution in [0.15, 0.2) is 36.4 Å². The zero-order chi connectivity index (χ0) is 13.1. The Morgan fingerprint density at radius 1 is 1.00 bits per heavy atom. The molecule has 0 saturated carbocycles. The quantitative estimate of drug-likeness (QED) is 0.884. The molecule has 2 aromatic carbocycles. The average molecular weight is 242 g/mol. The Kier molecular flexibility index (Phi) is 3.68. The second-order valence-corrected chi connectivity index (χ2v) is 4.55. The summed E-state index contributed by atoms with van der Waals surface area (Å²) in [6, 6.07) is 11.8. The van der Waals surface area contributed by atoms with Gasteiger partial charge in [-0.05, 0) is 61.2 Å². The maximum absolute atomic E-state index is 9.14. The number of aliphatic hydroxyl groups is 1. The van der Waals surface area contributed by atoms with Gasteiger partial charge in [-0.3, -0.25) is 0 Å². The molecule has 2 nitrogen and oxygen atoms in total. The number of rotatable bonds is 3. The molecule has 18 heavy (non-hydrogen) atoms. The molecule has 1 N–H and O–H groups in total. The fourth-order valence-electron chi connectivity index (χ4n) is 1.87. The van der Waals surface area contributed by atoms with Crippen LogP contribution in [0, 0.1) is 20.8 Å². The Morgan fingerprint density at radius 3 is 2.44 bits per heavy atom. The van der Waals surface area contributed by atoms with Crippen LogP contribution >= 0.6 is 0 Å². The minimum atomic E-state index is 0.0651. The molecule has 0 saturated heterocycles. The van der Waals surface area contributed by atoms with Crippen LogP contribution in [0.5, 0.6) is 11.5 Å². The SMILES string of the molecule is Cc1cc(Oc2cccc(C)c2C)ccc1CO. The molecular formula is C16H18O2. The van der Waals surface area contributed by atoms with E-state index >= 15 is 0 Å². The fraction of sp³-hybridized carbons (Fsp3) is 0.250. The molecule has 2 aromatic rings. The van der Waals surface area contributed by atoms with Gasteiger partial charge in [0, 0.05) is 0 Å². The fourth-order valence-corrected chi connectivity index (χ4v) is 1.87. The monoisotopic (exact) mass is 242 g/mol. The lowest BCUT2D eigenvalue weighted by Gasteiger charge is -2.12. The predicted octanol–water partition coefficient (Wildman–Crippen LogP) is 3.90. The van der Waals surface area contributed by atoms with E-state index in [0.29, 0.717) is 0 Å². The van der Waals surface area contributed by atoms with Gasteiger partial charge in [-0.15, -0.1) is 0 Å². The molecule has 0 aliphatic heterocycles. The van der Waals surface area contributed by atoms with Gasteiger partial charge >= 0.3 is 0 Å². The third-order valence-electron chi connectivity index (χ3n) is 3.27. The van der Waals surface area contributed by atoms with Gasteiger partial charge in [0.25, 0.3) is 0 Å². The summed E-state index contributed by atoms with van der Waals surface area (Å²) in [6.45, 7) is 6.17. The second-order valence-electron chi connectivity index (χ2n) is 4.55. The van der Waals surface area contributed by atoms with E-state index in [0.717, 1.165) is 28.2 Å². The smallest absolute Gasteiger partial charge is 0.130 e. The van der Waals surface area contributed by atoms with Gasteiger partial charge < -0.3 is 9.84 Å². The van der Waals surface area contributed by atoms with Crippen molar-refractivity contribution in [1.82, 2.24) is 0 Å². The third kappa shape index (κ3) is 2.54. The molecule has 0 spiro atoms. The summed E-state index contributed by atoms with van der Waals surface area (Å²) in [4.78, 5) is 0. The van der Waals surface area contributed by atoms with Crippen molar-refractivity contribution in [3.05, 3.63) is 58.7 Å². The Balaban J connectivity index is 2.29. The molecule has 2 rings (SSSR count). The first-order valence-electron chi connectivity index (χ1n) is 6.06. The molecule has 0 atom stereocenters. The maximum atomic E-state index is 9.14. The zero-order valence-corrected chi connectivity index (χ0v) is 11.0. The standard InChI is InChI=1S/C16H18O2/c1-11-5-4-6-16(13(11)3)18-15-8-7-14(10-17)12(2)9-15/h4-9,17H,10H2,1-3H3. The molecule has 0 bridgehead atoms. The van der Waals surface area contributed by atoms with E-state index in [-0.39, 0.29) is 6.61 Å². The summed E-state index contributed by atoms with van der Waals surface area (Å²) in [5.41, 5.74) is 4.35. The molecule has 0 heterocycles. The molecule has 0 aromatic heterocycles. The Bertz CT molecular complexity index is 559. The minimum Gasteiger partial charge on any atom is -0.457 e. The largest absolute Gasteiger partial charge is 0.457 e. The van der Waals surface area contributed by atoms with E-state index in [9.17, 15) is 0 Å². The van der Waals surface area contributed by atoms with Crippen LogP contribution in [0.1, 0.15) is 22.3 Å². The Labute approximate surface area is 108 Å². The first kappa shape index (κ1) is 12.7. The normalized spacial score (nSPS) is 10.4. The van der Waals surface area contributed by atoms with Crippen LogP contribution in [-0.4, -0.2) is 5.11 Å². The average Bonchev–Trinajstić information content (AvgIpc) is 2.35. The molecule has 0 fully saturated rings. The molecule has 0 aliphatic carbocycles. The Hall–Kier alpha value is -1.80. The van der Waals surface area contributed by atoms with Crippen LogP contribution in [0.4, 0.5) is 0 Å². The molecule has 2 heteroatoms. The van der Waals surface area contributed by atoms with E-state index in [1.807, 2.05) is 37.3 Å². The van der Waals surface area contributed by atoms with Crippen LogP contribution < -0.4 is 4.74 Å². The summed E-state index contributed by atoms with van der Waals surface area (Å²) in [5.74, 6) is 1.68. The first-order valence-corrected chi connectivity index (χ1v) is 6.06. The zero-order valence-electron chi connectivity index (χ0n) is 11.0. The molecule has 0 radical (unpaired) electrons. The highest BCUT2D eigenvalue weighted by molar-refractivity contribution is 5.43. The van der Waals surface area contributed by atoms with Crippen molar-refractivity contribution in [3.63, 3.8) is 0 Å². The van der Waals surface area contributed by atoms with Crippen molar-refractivity contribution >= 4 is 0 Å². The minimum absolute atomic E-state index is 0.0651. The highest BCUT2D eigenvalue weighted by Gasteiger charge is 2.05. The van der Waals surface area contributed by atoms with E-state index in [1.165, 1.54) is 5.56 Å². The van der Waals surface area contributed by atoms with Gasteiger partial charge in [0.2, 0.25) is 0 Å². The first-order chi connectivity index (χ1) is 8.61. The van der Waals surface area contributed by atoms with Crippen molar-refractivity contribution in [2.45, 2.75) is 27.4 Å². The van der Waals surface area contributed by atoms with E-state index in [1.54, 1.807) is 0 Å². The van der Waals surface area contributed by atoms with Crippen molar-refractivity contribution in [2.75, 3.05) is 0 Å². The van der Waals surface area contributed by atoms with Crippen LogP contribution in [0.2, 0.25) is 0 Å². The van der Waals surface area contributed by atoms with Crippen molar-refractivity contribution in [2.24, 2.45) is 0 Å². The lowest BCUT2D eigenvalue weighted by Crippen LogP contribution is -1.92. The lowest BCUT2D eigenvalue weighted by molar-refractivity contribution is 0.281. The van der Waals surface area contributed by atoms with Gasteiger partial charge in [-0.1, -0.05) is 18.2 Å². The number of aryl methyl sites for hydroxylation is 2.